The van der Waals surface area contributed by atoms with Crippen LogP contribution in [0, 0.1) is 11.3 Å². The van der Waals surface area contributed by atoms with E-state index in [1.807, 2.05) is 25.1 Å². The standard InChI is InChI=1S/C28H33N5O5S/c1-18-11-12-31-25(13-18)33(17-26(34)35)28(36)24(15-19-5-4-8-22(14-19)27(29)30)32-39(37,38)23-10-9-20-6-2-3-7-21(20)16-23/h2-10,14,16,18,24-25,31-32H,11-13,15,17H2,1H3,(H3,29,30)(H,34,35)/t18?,24-,25?/m0/s1. The van der Waals surface area contributed by atoms with E-state index < -0.39 is 40.7 Å². The van der Waals surface area contributed by atoms with Crippen molar-refractivity contribution in [3.63, 3.8) is 0 Å². The number of hydrogen-bond acceptors (Lipinski definition) is 6. The normalized spacial score (nSPS) is 18.4. The minimum atomic E-state index is -4.18. The molecule has 11 heteroatoms. The molecule has 39 heavy (non-hydrogen) atoms. The smallest absolute Gasteiger partial charge is 0.323 e. The number of carbonyl (C=O) groups excluding carboxylic acids is 1. The zero-order chi connectivity index (χ0) is 28.2. The number of nitrogens with two attached hydrogens (primary N) is 1. The highest BCUT2D eigenvalue weighted by Gasteiger charge is 2.35. The van der Waals surface area contributed by atoms with Crippen molar-refractivity contribution in [3.05, 3.63) is 77.9 Å². The molecule has 3 aromatic rings. The van der Waals surface area contributed by atoms with Gasteiger partial charge in [0.2, 0.25) is 15.9 Å². The summed E-state index contributed by atoms with van der Waals surface area (Å²) < 4.78 is 29.7. The highest BCUT2D eigenvalue weighted by atomic mass is 32.2. The van der Waals surface area contributed by atoms with Crippen LogP contribution in [0.25, 0.3) is 10.8 Å². The second-order valence-corrected chi connectivity index (χ2v) is 11.7. The third-order valence-corrected chi connectivity index (χ3v) is 8.38. The Kier molecular flexibility index (Phi) is 8.63. The van der Waals surface area contributed by atoms with Gasteiger partial charge in [0.25, 0.3) is 0 Å². The number of fused-ring (bicyclic) bond motifs is 1. The summed E-state index contributed by atoms with van der Waals surface area (Å²) >= 11 is 0. The summed E-state index contributed by atoms with van der Waals surface area (Å²) in [7, 11) is -4.18. The number of benzene rings is 3. The van der Waals surface area contributed by atoms with E-state index in [0.29, 0.717) is 24.1 Å². The Morgan fingerprint density at radius 1 is 1.13 bits per heavy atom. The van der Waals surface area contributed by atoms with Gasteiger partial charge in [0, 0.05) is 5.56 Å². The number of nitrogen functional groups attached to an aromatic ring is 1. The largest absolute Gasteiger partial charge is 0.480 e. The highest BCUT2D eigenvalue weighted by Crippen LogP contribution is 2.22. The van der Waals surface area contributed by atoms with Crippen molar-refractivity contribution in [2.45, 2.75) is 43.3 Å². The molecular formula is C28H33N5O5S. The number of piperidine rings is 1. The maximum absolute atomic E-state index is 14.0. The fraction of sp³-hybridized carbons (Fsp3) is 0.321. The topological polar surface area (TPSA) is 166 Å². The van der Waals surface area contributed by atoms with Crippen LogP contribution in [-0.4, -0.2) is 61.4 Å². The van der Waals surface area contributed by atoms with Crippen LogP contribution >= 0.6 is 0 Å². The molecule has 1 aliphatic heterocycles. The second-order valence-electron chi connectivity index (χ2n) is 9.96. The van der Waals surface area contributed by atoms with Gasteiger partial charge in [0.15, 0.2) is 0 Å². The number of nitrogens with zero attached hydrogens (tertiary/aromatic N) is 1. The predicted octanol–water partition coefficient (Wildman–Crippen LogP) is 2.27. The lowest BCUT2D eigenvalue weighted by Crippen LogP contribution is -2.59. The average molecular weight is 552 g/mol. The van der Waals surface area contributed by atoms with Crippen LogP contribution in [0.1, 0.15) is 30.9 Å². The second kappa shape index (κ2) is 11.9. The van der Waals surface area contributed by atoms with Gasteiger partial charge in [-0.15, -0.1) is 0 Å². The number of nitrogens with one attached hydrogen (secondary N) is 3. The first-order valence-electron chi connectivity index (χ1n) is 12.7. The lowest BCUT2D eigenvalue weighted by atomic mass is 9.96. The van der Waals surface area contributed by atoms with E-state index in [2.05, 4.69) is 10.0 Å². The average Bonchev–Trinajstić information content (AvgIpc) is 2.90. The van der Waals surface area contributed by atoms with E-state index >= 15 is 0 Å². The van der Waals surface area contributed by atoms with Crippen molar-refractivity contribution < 1.29 is 23.1 Å². The van der Waals surface area contributed by atoms with Crippen LogP contribution in [0.2, 0.25) is 0 Å². The minimum Gasteiger partial charge on any atom is -0.480 e. The first-order chi connectivity index (χ1) is 18.5. The maximum Gasteiger partial charge on any atom is 0.323 e. The van der Waals surface area contributed by atoms with Crippen LogP contribution in [-0.2, 0) is 26.0 Å². The molecule has 0 aliphatic carbocycles. The molecule has 1 saturated heterocycles. The first-order valence-corrected chi connectivity index (χ1v) is 14.2. The minimum absolute atomic E-state index is 0.00863. The van der Waals surface area contributed by atoms with Crippen molar-refractivity contribution in [3.8, 4) is 0 Å². The zero-order valence-electron chi connectivity index (χ0n) is 21.6. The number of rotatable bonds is 10. The van der Waals surface area contributed by atoms with Crippen molar-refractivity contribution in [2.24, 2.45) is 11.7 Å². The van der Waals surface area contributed by atoms with Crippen LogP contribution in [0.5, 0.6) is 0 Å². The Hall–Kier alpha value is -3.80. The maximum atomic E-state index is 14.0. The molecule has 1 fully saturated rings. The Balaban J connectivity index is 1.71. The Bertz CT molecular complexity index is 1490. The molecule has 10 nitrogen and oxygen atoms in total. The summed E-state index contributed by atoms with van der Waals surface area (Å²) in [6.45, 7) is 2.07. The fourth-order valence-electron chi connectivity index (χ4n) is 4.87. The van der Waals surface area contributed by atoms with E-state index in [-0.39, 0.29) is 23.1 Å². The van der Waals surface area contributed by atoms with Crippen LogP contribution < -0.4 is 15.8 Å². The van der Waals surface area contributed by atoms with E-state index in [0.717, 1.165) is 17.2 Å². The summed E-state index contributed by atoms with van der Waals surface area (Å²) in [6, 6.07) is 17.4. The SMILES string of the molecule is CC1CCNC(N(CC(=O)O)C(=O)[C@H](Cc2cccc(C(=N)N)c2)NS(=O)(=O)c2ccc3ccccc3c2)C1. The molecular weight excluding hydrogens is 518 g/mol. The molecule has 2 unspecified atom stereocenters. The Morgan fingerprint density at radius 3 is 2.56 bits per heavy atom. The van der Waals surface area contributed by atoms with Crippen LogP contribution in [0.15, 0.2) is 71.6 Å². The molecule has 0 radical (unpaired) electrons. The van der Waals surface area contributed by atoms with Crippen LogP contribution in [0.3, 0.4) is 0 Å². The molecule has 4 rings (SSSR count). The molecule has 0 bridgehead atoms. The van der Waals surface area contributed by atoms with E-state index in [9.17, 15) is 23.1 Å². The van der Waals surface area contributed by atoms with Gasteiger partial charge in [-0.2, -0.15) is 4.72 Å². The van der Waals surface area contributed by atoms with E-state index in [1.165, 1.54) is 17.0 Å². The summed E-state index contributed by atoms with van der Waals surface area (Å²) in [4.78, 5) is 26.9. The number of hydrogen-bond donors (Lipinski definition) is 5. The van der Waals surface area contributed by atoms with Gasteiger partial charge in [-0.25, -0.2) is 8.42 Å². The number of aliphatic carboxylic acids is 1. The summed E-state index contributed by atoms with van der Waals surface area (Å²) in [6.07, 6.45) is 0.823. The molecule has 3 aromatic carbocycles. The monoisotopic (exact) mass is 551 g/mol. The Labute approximate surface area is 227 Å². The number of carboxylic acid groups (broad SMARTS) is 1. The molecule has 6 N–H and O–H groups in total. The van der Waals surface area contributed by atoms with Gasteiger partial charge in [0.05, 0.1) is 11.1 Å². The van der Waals surface area contributed by atoms with Crippen molar-refractivity contribution in [2.75, 3.05) is 13.1 Å². The number of amides is 1. The third-order valence-electron chi connectivity index (χ3n) is 6.91. The summed E-state index contributed by atoms with van der Waals surface area (Å²) in [5.74, 6) is -1.75. The zero-order valence-corrected chi connectivity index (χ0v) is 22.4. The number of sulfonamides is 1. The third kappa shape index (κ3) is 6.99. The number of carbonyl (C=O) groups is 2. The van der Waals surface area contributed by atoms with Crippen molar-refractivity contribution >= 4 is 38.5 Å². The quantitative estimate of drug-likeness (QED) is 0.190. The van der Waals surface area contributed by atoms with E-state index in [1.54, 1.807) is 36.4 Å². The van der Waals surface area contributed by atoms with Crippen LogP contribution in [0.4, 0.5) is 0 Å². The van der Waals surface area contributed by atoms with Crippen molar-refractivity contribution in [1.29, 1.82) is 5.41 Å². The van der Waals surface area contributed by atoms with Crippen molar-refractivity contribution in [1.82, 2.24) is 14.9 Å². The van der Waals surface area contributed by atoms with Gasteiger partial charge in [-0.3, -0.25) is 20.3 Å². The van der Waals surface area contributed by atoms with E-state index in [4.69, 9.17) is 11.1 Å². The van der Waals surface area contributed by atoms with Gasteiger partial charge in [0.1, 0.15) is 18.4 Å². The first kappa shape index (κ1) is 28.2. The number of amidine groups is 1. The van der Waals surface area contributed by atoms with Gasteiger partial charge in [-0.05, 0) is 66.3 Å². The molecule has 0 spiro atoms. The lowest BCUT2D eigenvalue weighted by molar-refractivity contribution is -0.148. The molecule has 0 saturated carbocycles. The molecule has 3 atom stereocenters. The summed E-state index contributed by atoms with van der Waals surface area (Å²) in [5, 5.41) is 22.2. The summed E-state index contributed by atoms with van der Waals surface area (Å²) in [5.41, 5.74) is 6.64. The van der Waals surface area contributed by atoms with Gasteiger partial charge >= 0.3 is 5.97 Å². The number of carboxylic acids is 1. The van der Waals surface area contributed by atoms with Gasteiger partial charge < -0.3 is 15.7 Å². The van der Waals surface area contributed by atoms with Gasteiger partial charge in [-0.1, -0.05) is 55.5 Å². The molecule has 206 valence electrons. The Morgan fingerprint density at radius 2 is 1.87 bits per heavy atom. The molecule has 0 aromatic heterocycles. The molecule has 1 amide bonds. The fourth-order valence-corrected chi connectivity index (χ4v) is 6.10. The highest BCUT2D eigenvalue weighted by molar-refractivity contribution is 7.89. The molecule has 1 heterocycles. The lowest BCUT2D eigenvalue weighted by Gasteiger charge is -2.38. The molecule has 1 aliphatic rings. The predicted molar refractivity (Wildman–Crippen MR) is 149 cm³/mol.